The van der Waals surface area contributed by atoms with Crippen molar-refractivity contribution in [3.63, 3.8) is 0 Å². The number of piperazine rings is 1. The average Bonchev–Trinajstić information content (AvgIpc) is 3.05. The van der Waals surface area contributed by atoms with Crippen molar-refractivity contribution in [2.45, 2.75) is 65.2 Å². The summed E-state index contributed by atoms with van der Waals surface area (Å²) >= 11 is 5.97. The van der Waals surface area contributed by atoms with Crippen LogP contribution in [0.2, 0.25) is 5.02 Å². The van der Waals surface area contributed by atoms with Gasteiger partial charge in [0.1, 0.15) is 12.0 Å². The molecule has 0 radical (unpaired) electrons. The Labute approximate surface area is 286 Å². The number of aliphatic imine (C=N–C) groups is 1. The van der Waals surface area contributed by atoms with Gasteiger partial charge < -0.3 is 25.8 Å². The van der Waals surface area contributed by atoms with Gasteiger partial charge in [-0.2, -0.15) is 0 Å². The summed E-state index contributed by atoms with van der Waals surface area (Å²) in [4.78, 5) is 40.1. The fourth-order valence-electron chi connectivity index (χ4n) is 8.29. The van der Waals surface area contributed by atoms with Crippen LogP contribution in [0.25, 0.3) is 0 Å². The zero-order chi connectivity index (χ0) is 33.7. The fraction of sp³-hybridized carbons (Fsp3) is 0.459. The number of guanidine groups is 1. The Morgan fingerprint density at radius 3 is 2.67 bits per heavy atom. The van der Waals surface area contributed by atoms with Crippen LogP contribution in [-0.2, 0) is 11.2 Å². The van der Waals surface area contributed by atoms with Crippen molar-refractivity contribution < 1.29 is 14.0 Å². The Kier molecular flexibility index (Phi) is 8.56. The van der Waals surface area contributed by atoms with E-state index in [4.69, 9.17) is 16.6 Å². The van der Waals surface area contributed by atoms with Crippen molar-refractivity contribution >= 4 is 40.7 Å². The van der Waals surface area contributed by atoms with E-state index in [1.54, 1.807) is 29.4 Å². The molecule has 3 aliphatic carbocycles. The maximum Gasteiger partial charge on any atom is 0.257 e. The number of fused-ring (bicyclic) bond motifs is 3. The molecule has 0 spiro atoms. The summed E-state index contributed by atoms with van der Waals surface area (Å²) in [5.41, 5.74) is 3.60. The Balaban J connectivity index is 1.18. The smallest absolute Gasteiger partial charge is 0.257 e. The first-order chi connectivity index (χ1) is 23.0. The number of carbonyl (C=O) groups excluding carboxylic acids is 2. The minimum Gasteiger partial charge on any atom is -0.361 e. The van der Waals surface area contributed by atoms with E-state index in [2.05, 4.69) is 41.7 Å². The molecule has 252 valence electrons. The van der Waals surface area contributed by atoms with Gasteiger partial charge in [-0.3, -0.25) is 14.6 Å². The zero-order valence-electron chi connectivity index (χ0n) is 27.8. The maximum absolute atomic E-state index is 14.7. The predicted octanol–water partition coefficient (Wildman–Crippen LogP) is 6.34. The highest BCUT2D eigenvalue weighted by molar-refractivity contribution is 6.30. The molecule has 8 rings (SSSR count). The standard InChI is InChI=1S/C37H43ClFN7O2/c1-21-19-45(20-33(47)41-21)36(44-31-15-25-14-29(22(31)2)37(25,3)4)42-27-9-10-28-32(17-27)43-34(24-6-5-12-40-18-24)46(35(28)48)13-11-23-7-8-26(38)16-30(23)39/h5-10,12,16-18,21-22,25,29,31,34,43H,11,13-15,19-20H2,1-4H3,(H,41,47)(H,42,44)/t21-,22-,25+,29-,31-,34?/m0/s1. The maximum atomic E-state index is 14.7. The van der Waals surface area contributed by atoms with Crippen molar-refractivity contribution in [2.24, 2.45) is 28.2 Å². The molecule has 1 unspecified atom stereocenters. The number of benzene rings is 2. The van der Waals surface area contributed by atoms with Crippen LogP contribution in [-0.4, -0.2) is 64.3 Å². The molecule has 9 nitrogen and oxygen atoms in total. The molecule has 4 fully saturated rings. The molecule has 1 saturated heterocycles. The molecule has 11 heteroatoms. The highest BCUT2D eigenvalue weighted by Gasteiger charge is 2.56. The molecule has 2 bridgehead atoms. The van der Waals surface area contributed by atoms with Gasteiger partial charge in [0.2, 0.25) is 5.91 Å². The Morgan fingerprint density at radius 1 is 1.12 bits per heavy atom. The van der Waals surface area contributed by atoms with Crippen LogP contribution in [0.15, 0.2) is 65.9 Å². The molecule has 3 aromatic rings. The Morgan fingerprint density at radius 2 is 1.96 bits per heavy atom. The van der Waals surface area contributed by atoms with Crippen LogP contribution >= 0.6 is 11.6 Å². The molecule has 2 aliphatic heterocycles. The van der Waals surface area contributed by atoms with Gasteiger partial charge in [-0.15, -0.1) is 0 Å². The monoisotopic (exact) mass is 671 g/mol. The zero-order valence-corrected chi connectivity index (χ0v) is 28.6. The third-order valence-electron chi connectivity index (χ3n) is 11.1. The van der Waals surface area contributed by atoms with Gasteiger partial charge in [-0.25, -0.2) is 9.38 Å². The molecular weight excluding hydrogens is 629 g/mol. The lowest BCUT2D eigenvalue weighted by molar-refractivity contribution is -0.124. The number of hydrogen-bond donors (Lipinski definition) is 3. The van der Waals surface area contributed by atoms with Crippen LogP contribution in [0.5, 0.6) is 0 Å². The highest BCUT2D eigenvalue weighted by atomic mass is 35.5. The number of rotatable bonds is 6. The Hall–Kier alpha value is -4.18. The van der Waals surface area contributed by atoms with Gasteiger partial charge in [0, 0.05) is 47.8 Å². The number of amides is 2. The van der Waals surface area contributed by atoms with E-state index >= 15 is 0 Å². The van der Waals surface area contributed by atoms with Gasteiger partial charge in [0.05, 0.1) is 23.8 Å². The van der Waals surface area contributed by atoms with E-state index in [9.17, 15) is 14.0 Å². The van der Waals surface area contributed by atoms with Gasteiger partial charge in [0.25, 0.3) is 5.91 Å². The summed E-state index contributed by atoms with van der Waals surface area (Å²) in [5, 5.41) is 10.5. The number of carbonyl (C=O) groups is 2. The molecular formula is C37H43ClFN7O2. The molecule has 2 amide bonds. The van der Waals surface area contributed by atoms with Crippen LogP contribution in [0.4, 0.5) is 15.8 Å². The summed E-state index contributed by atoms with van der Waals surface area (Å²) < 4.78 is 14.7. The van der Waals surface area contributed by atoms with Crippen molar-refractivity contribution in [3.8, 4) is 0 Å². The lowest BCUT2D eigenvalue weighted by Crippen LogP contribution is -2.58. The first-order valence-electron chi connectivity index (χ1n) is 16.9. The molecule has 1 aromatic heterocycles. The summed E-state index contributed by atoms with van der Waals surface area (Å²) in [6.45, 7) is 10.2. The first kappa shape index (κ1) is 32.4. The number of halogens is 2. The van der Waals surface area contributed by atoms with Gasteiger partial charge in [-0.05, 0) is 91.3 Å². The molecule has 3 heterocycles. The number of aromatic nitrogens is 1. The Bertz CT molecular complexity index is 1750. The SMILES string of the molecule is C[C@@H]1[C@@H](N=C(Nc2ccc3c(c2)NC(c2cccnc2)N(CCc2ccc(Cl)cc2F)C3=O)N2CC(=O)N[C@@H](C)C2)C[C@H]2C[C@@H]1C2(C)C. The first-order valence-corrected chi connectivity index (χ1v) is 17.3. The number of pyridine rings is 1. The van der Waals surface area contributed by atoms with Crippen LogP contribution in [0.1, 0.15) is 68.2 Å². The van der Waals surface area contributed by atoms with Crippen LogP contribution < -0.4 is 16.0 Å². The third-order valence-corrected chi connectivity index (χ3v) is 11.4. The second kappa shape index (κ2) is 12.7. The van der Waals surface area contributed by atoms with E-state index in [1.165, 1.54) is 12.5 Å². The topological polar surface area (TPSA) is 102 Å². The normalized spacial score (nSPS) is 27.8. The van der Waals surface area contributed by atoms with Crippen molar-refractivity contribution in [1.29, 1.82) is 0 Å². The molecule has 48 heavy (non-hydrogen) atoms. The number of nitrogens with zero attached hydrogens (tertiary/aromatic N) is 4. The molecule has 3 saturated carbocycles. The number of nitrogens with one attached hydrogen (secondary N) is 3. The average molecular weight is 672 g/mol. The highest BCUT2D eigenvalue weighted by Crippen LogP contribution is 2.61. The minimum atomic E-state index is -0.512. The summed E-state index contributed by atoms with van der Waals surface area (Å²) in [5.74, 6) is 1.83. The minimum absolute atomic E-state index is 0.00948. The molecule has 3 N–H and O–H groups in total. The summed E-state index contributed by atoms with van der Waals surface area (Å²) in [6, 6.07) is 14.1. The number of hydrogen-bond acceptors (Lipinski definition) is 5. The van der Waals surface area contributed by atoms with Gasteiger partial charge in [0.15, 0.2) is 5.96 Å². The van der Waals surface area contributed by atoms with E-state index in [-0.39, 0.29) is 37.0 Å². The molecule has 6 atom stereocenters. The molecule has 5 aliphatic rings. The fourth-order valence-corrected chi connectivity index (χ4v) is 8.45. The van der Waals surface area contributed by atoms with Crippen molar-refractivity contribution in [2.75, 3.05) is 30.3 Å². The largest absolute Gasteiger partial charge is 0.361 e. The van der Waals surface area contributed by atoms with E-state index in [0.29, 0.717) is 63.9 Å². The molecule has 2 aromatic carbocycles. The van der Waals surface area contributed by atoms with Gasteiger partial charge >= 0.3 is 0 Å². The predicted molar refractivity (Wildman–Crippen MR) is 186 cm³/mol. The van der Waals surface area contributed by atoms with Crippen molar-refractivity contribution in [1.82, 2.24) is 20.1 Å². The lowest BCUT2D eigenvalue weighted by Gasteiger charge is -2.61. The number of anilines is 2. The second-order valence-corrected chi connectivity index (χ2v) is 15.0. The third kappa shape index (κ3) is 6.11. The van der Waals surface area contributed by atoms with Gasteiger partial charge in [-0.1, -0.05) is 44.5 Å². The van der Waals surface area contributed by atoms with E-state index in [1.807, 2.05) is 42.2 Å². The lowest BCUT2D eigenvalue weighted by atomic mass is 9.45. The van der Waals surface area contributed by atoms with E-state index in [0.717, 1.165) is 17.7 Å². The summed E-state index contributed by atoms with van der Waals surface area (Å²) in [6.07, 6.45) is 5.54. The second-order valence-electron chi connectivity index (χ2n) is 14.5. The summed E-state index contributed by atoms with van der Waals surface area (Å²) in [7, 11) is 0. The van der Waals surface area contributed by atoms with E-state index < -0.39 is 12.0 Å². The van der Waals surface area contributed by atoms with Crippen LogP contribution in [0.3, 0.4) is 0 Å². The van der Waals surface area contributed by atoms with Crippen LogP contribution in [0, 0.1) is 29.0 Å². The quantitative estimate of drug-likeness (QED) is 0.209. The van der Waals surface area contributed by atoms with Crippen molar-refractivity contribution in [3.05, 3.63) is 88.5 Å².